The van der Waals surface area contributed by atoms with Gasteiger partial charge in [0.25, 0.3) is 17.5 Å². The Bertz CT molecular complexity index is 1290. The molecule has 0 unspecified atom stereocenters. The van der Waals surface area contributed by atoms with E-state index in [1.165, 1.54) is 32.6 Å². The van der Waals surface area contributed by atoms with Crippen molar-refractivity contribution in [3.8, 4) is 23.0 Å². The van der Waals surface area contributed by atoms with Crippen LogP contribution in [0.2, 0.25) is 0 Å². The van der Waals surface area contributed by atoms with Crippen molar-refractivity contribution in [2.24, 2.45) is 5.73 Å². The third-order valence-electron chi connectivity index (χ3n) is 4.67. The number of methoxy groups -OCH3 is 2. The number of nitrogens with one attached hydrogen (secondary N) is 1. The summed E-state index contributed by atoms with van der Waals surface area (Å²) in [4.78, 5) is 29.6. The Kier molecular flexibility index (Phi) is 5.04. The molecule has 0 aliphatic heterocycles. The molecule has 4 rings (SSSR count). The molecule has 0 bridgehead atoms. The first-order valence-electron chi connectivity index (χ1n) is 9.11. The van der Waals surface area contributed by atoms with E-state index < -0.39 is 11.8 Å². The number of nitrogens with two attached hydrogens (primary N) is 1. The lowest BCUT2D eigenvalue weighted by molar-refractivity contribution is 0.100. The number of aryl methyl sites for hydroxylation is 1. The Morgan fingerprint density at radius 2 is 1.84 bits per heavy atom. The average molecular weight is 422 g/mol. The van der Waals surface area contributed by atoms with E-state index in [0.717, 1.165) is 0 Å². The van der Waals surface area contributed by atoms with Crippen LogP contribution in [0.1, 0.15) is 26.4 Å². The minimum Gasteiger partial charge on any atom is -0.493 e. The molecule has 0 radical (unpaired) electrons. The van der Waals surface area contributed by atoms with Crippen LogP contribution in [0.4, 0.5) is 5.69 Å². The number of benzene rings is 1. The Balaban J connectivity index is 1.82. The van der Waals surface area contributed by atoms with Gasteiger partial charge in [-0.3, -0.25) is 9.59 Å². The molecule has 1 aromatic carbocycles. The quantitative estimate of drug-likeness (QED) is 0.482. The maximum atomic E-state index is 13.3. The number of aromatic nitrogens is 2. The van der Waals surface area contributed by atoms with Gasteiger partial charge < -0.3 is 29.5 Å². The minimum atomic E-state index is -0.742. The molecule has 3 heterocycles. The number of amides is 2. The topological polar surface area (TPSA) is 143 Å². The number of furan rings is 1. The van der Waals surface area contributed by atoms with E-state index in [0.29, 0.717) is 34.0 Å². The van der Waals surface area contributed by atoms with Crippen molar-refractivity contribution in [1.82, 2.24) is 10.1 Å². The van der Waals surface area contributed by atoms with Crippen LogP contribution >= 0.6 is 0 Å². The second-order valence-electron chi connectivity index (χ2n) is 6.55. The van der Waals surface area contributed by atoms with E-state index in [9.17, 15) is 9.59 Å². The predicted octanol–water partition coefficient (Wildman–Crippen LogP) is 3.16. The molecule has 4 aromatic rings. The predicted molar refractivity (Wildman–Crippen MR) is 110 cm³/mol. The molecule has 10 heteroatoms. The second-order valence-corrected chi connectivity index (χ2v) is 6.55. The van der Waals surface area contributed by atoms with Crippen molar-refractivity contribution in [3.63, 3.8) is 0 Å². The van der Waals surface area contributed by atoms with Crippen molar-refractivity contribution in [2.45, 2.75) is 6.92 Å². The fourth-order valence-corrected chi connectivity index (χ4v) is 3.20. The summed E-state index contributed by atoms with van der Waals surface area (Å²) >= 11 is 0. The molecule has 0 spiro atoms. The number of carbonyl (C=O) groups excluding carboxylic acids is 2. The number of pyridine rings is 1. The van der Waals surface area contributed by atoms with Gasteiger partial charge in [-0.05, 0) is 31.2 Å². The lowest BCUT2D eigenvalue weighted by Gasteiger charge is -2.14. The summed E-state index contributed by atoms with van der Waals surface area (Å²) < 4.78 is 21.1. The third kappa shape index (κ3) is 3.54. The van der Waals surface area contributed by atoms with Crippen LogP contribution in [0.5, 0.6) is 11.5 Å². The molecular formula is C21H18N4O6. The smallest absolute Gasteiger partial charge is 0.259 e. The van der Waals surface area contributed by atoms with Crippen molar-refractivity contribution in [3.05, 3.63) is 53.4 Å². The molecule has 0 aliphatic carbocycles. The number of fused-ring (bicyclic) bond motifs is 1. The number of ether oxygens (including phenoxy) is 2. The van der Waals surface area contributed by atoms with Gasteiger partial charge >= 0.3 is 0 Å². The van der Waals surface area contributed by atoms with E-state index in [2.05, 4.69) is 15.5 Å². The van der Waals surface area contributed by atoms with Crippen molar-refractivity contribution in [1.29, 1.82) is 0 Å². The summed E-state index contributed by atoms with van der Waals surface area (Å²) in [5.74, 6) is -0.195. The summed E-state index contributed by atoms with van der Waals surface area (Å²) in [5.41, 5.74) is 7.01. The Morgan fingerprint density at radius 3 is 2.48 bits per heavy atom. The highest BCUT2D eigenvalue weighted by atomic mass is 16.5. The number of anilines is 1. The van der Waals surface area contributed by atoms with Crippen LogP contribution in [0.25, 0.3) is 22.6 Å². The van der Waals surface area contributed by atoms with Gasteiger partial charge in [-0.15, -0.1) is 0 Å². The summed E-state index contributed by atoms with van der Waals surface area (Å²) in [6.45, 7) is 1.70. The largest absolute Gasteiger partial charge is 0.493 e. The number of nitrogens with zero attached hydrogens (tertiary/aromatic N) is 2. The highest BCUT2D eigenvalue weighted by Crippen LogP contribution is 2.34. The van der Waals surface area contributed by atoms with Crippen molar-refractivity contribution >= 4 is 28.6 Å². The maximum absolute atomic E-state index is 13.3. The lowest BCUT2D eigenvalue weighted by Crippen LogP contribution is -2.19. The van der Waals surface area contributed by atoms with Gasteiger partial charge in [0.05, 0.1) is 48.4 Å². The maximum Gasteiger partial charge on any atom is 0.259 e. The first-order valence-corrected chi connectivity index (χ1v) is 9.11. The Hall–Kier alpha value is -4.34. The molecular weight excluding hydrogens is 404 g/mol. The lowest BCUT2D eigenvalue weighted by atomic mass is 10.1. The normalized spacial score (nSPS) is 10.8. The highest BCUT2D eigenvalue weighted by molar-refractivity contribution is 6.15. The molecule has 0 aliphatic rings. The fourth-order valence-electron chi connectivity index (χ4n) is 3.20. The molecule has 10 nitrogen and oxygen atoms in total. The fraction of sp³-hybridized carbons (Fsp3) is 0.143. The summed E-state index contributed by atoms with van der Waals surface area (Å²) in [5, 5.41) is 7.06. The van der Waals surface area contributed by atoms with Crippen LogP contribution in [0.15, 0.2) is 45.5 Å². The van der Waals surface area contributed by atoms with E-state index in [1.54, 1.807) is 25.1 Å². The number of hydrogen-bond donors (Lipinski definition) is 2. The molecule has 3 N–H and O–H groups in total. The van der Waals surface area contributed by atoms with Gasteiger partial charge in [0.2, 0.25) is 0 Å². The molecule has 31 heavy (non-hydrogen) atoms. The summed E-state index contributed by atoms with van der Waals surface area (Å²) in [6, 6.07) is 7.83. The van der Waals surface area contributed by atoms with Crippen LogP contribution < -0.4 is 20.5 Å². The van der Waals surface area contributed by atoms with Crippen LogP contribution in [0.3, 0.4) is 0 Å². The van der Waals surface area contributed by atoms with Gasteiger partial charge in [0.1, 0.15) is 5.69 Å². The van der Waals surface area contributed by atoms with Crippen molar-refractivity contribution < 1.29 is 28.0 Å². The Labute approximate surface area is 175 Å². The van der Waals surface area contributed by atoms with Crippen molar-refractivity contribution in [2.75, 3.05) is 19.5 Å². The number of rotatable bonds is 6. The SMILES string of the molecule is COc1cc(NC(=O)c2cc(-c3ccco3)nc3onc(C)c23)c(C(N)=O)cc1OC. The number of carbonyl (C=O) groups is 2. The highest BCUT2D eigenvalue weighted by Gasteiger charge is 2.23. The van der Waals surface area contributed by atoms with E-state index in [1.807, 2.05) is 0 Å². The number of primary amides is 1. The minimum absolute atomic E-state index is 0.0598. The van der Waals surface area contributed by atoms with Gasteiger partial charge in [-0.2, -0.15) is 0 Å². The van der Waals surface area contributed by atoms with Gasteiger partial charge in [0, 0.05) is 6.07 Å². The zero-order valence-corrected chi connectivity index (χ0v) is 16.9. The van der Waals surface area contributed by atoms with Crippen LogP contribution in [0, 0.1) is 6.92 Å². The standard InChI is InChI=1S/C21H18N4O6/c1-10-18-12(7-14(15-5-4-6-30-15)24-21(18)31-25-10)20(27)23-13-9-17(29-3)16(28-2)8-11(13)19(22)26/h4-9H,1-3H3,(H2,22,26)(H,23,27). The monoisotopic (exact) mass is 422 g/mol. The van der Waals surface area contributed by atoms with E-state index >= 15 is 0 Å². The summed E-state index contributed by atoms with van der Waals surface area (Å²) in [6.07, 6.45) is 1.50. The summed E-state index contributed by atoms with van der Waals surface area (Å²) in [7, 11) is 2.87. The second kappa shape index (κ2) is 7.82. The zero-order chi connectivity index (χ0) is 22.1. The first-order chi connectivity index (χ1) is 14.9. The van der Waals surface area contributed by atoms with Crippen LogP contribution in [-0.4, -0.2) is 36.2 Å². The van der Waals surface area contributed by atoms with Gasteiger partial charge in [-0.1, -0.05) is 5.16 Å². The molecule has 0 saturated heterocycles. The third-order valence-corrected chi connectivity index (χ3v) is 4.67. The van der Waals surface area contributed by atoms with E-state index in [-0.39, 0.29) is 22.5 Å². The molecule has 2 amide bonds. The molecule has 158 valence electrons. The Morgan fingerprint density at radius 1 is 1.10 bits per heavy atom. The zero-order valence-electron chi connectivity index (χ0n) is 16.9. The molecule has 0 fully saturated rings. The van der Waals surface area contributed by atoms with E-state index in [4.69, 9.17) is 24.1 Å². The number of hydrogen-bond acceptors (Lipinski definition) is 8. The van der Waals surface area contributed by atoms with Crippen LogP contribution in [-0.2, 0) is 0 Å². The molecule has 3 aromatic heterocycles. The average Bonchev–Trinajstić information content (AvgIpc) is 3.43. The first kappa shape index (κ1) is 20.0. The van der Waals surface area contributed by atoms with Gasteiger partial charge in [-0.25, -0.2) is 4.98 Å². The van der Waals surface area contributed by atoms with Gasteiger partial charge in [0.15, 0.2) is 17.3 Å². The molecule has 0 saturated carbocycles. The molecule has 0 atom stereocenters.